The third-order valence-corrected chi connectivity index (χ3v) is 6.07. The van der Waals surface area contributed by atoms with Crippen molar-refractivity contribution in [1.29, 1.82) is 0 Å². The van der Waals surface area contributed by atoms with E-state index in [1.165, 1.54) is 0 Å². The molecule has 1 aromatic heterocycles. The van der Waals surface area contributed by atoms with E-state index in [4.69, 9.17) is 0 Å². The SMILES string of the molecule is CCC(=O)CCCCCC(NC(=O)Cc1ccccc1)C(=O)NCCc1c[nH]c2ccccc12. The standard InChI is InChI=1S/C28H35N3O3/c1-2-23(32)13-7-4-8-16-26(31-27(33)19-21-11-5-3-6-12-21)28(34)29-18-17-22-20-30-25-15-10-9-14-24(22)25/h3,5-6,9-12,14-15,20,26,30H,2,4,7-8,13,16-19H2,1H3,(H,29,34)(H,31,33). The number of amides is 2. The van der Waals surface area contributed by atoms with Crippen LogP contribution in [0.5, 0.6) is 0 Å². The van der Waals surface area contributed by atoms with Crippen molar-refractivity contribution in [3.8, 4) is 0 Å². The molecule has 6 heteroatoms. The number of ketones is 1. The first kappa shape index (κ1) is 25.2. The monoisotopic (exact) mass is 461 g/mol. The maximum absolute atomic E-state index is 13.0. The van der Waals surface area contributed by atoms with Crippen LogP contribution in [0.4, 0.5) is 0 Å². The molecule has 0 bridgehead atoms. The van der Waals surface area contributed by atoms with E-state index in [2.05, 4.69) is 21.7 Å². The highest BCUT2D eigenvalue weighted by atomic mass is 16.2. The molecule has 0 fully saturated rings. The van der Waals surface area contributed by atoms with Gasteiger partial charge in [0.15, 0.2) is 0 Å². The molecule has 180 valence electrons. The third kappa shape index (κ3) is 7.87. The highest BCUT2D eigenvalue weighted by molar-refractivity contribution is 5.88. The van der Waals surface area contributed by atoms with Gasteiger partial charge in [-0.05, 0) is 36.5 Å². The molecule has 2 aromatic carbocycles. The summed E-state index contributed by atoms with van der Waals surface area (Å²) in [6, 6.07) is 17.0. The summed E-state index contributed by atoms with van der Waals surface area (Å²) in [5.41, 5.74) is 3.15. The first-order chi connectivity index (χ1) is 16.6. The Morgan fingerprint density at radius 1 is 0.941 bits per heavy atom. The van der Waals surface area contributed by atoms with E-state index in [1.807, 2.05) is 61.7 Å². The number of para-hydroxylation sites is 1. The summed E-state index contributed by atoms with van der Waals surface area (Å²) in [6.45, 7) is 2.37. The van der Waals surface area contributed by atoms with Crippen LogP contribution in [-0.4, -0.2) is 35.2 Å². The smallest absolute Gasteiger partial charge is 0.242 e. The summed E-state index contributed by atoms with van der Waals surface area (Å²) in [7, 11) is 0. The number of aromatic amines is 1. The van der Waals surface area contributed by atoms with E-state index in [0.717, 1.165) is 41.3 Å². The van der Waals surface area contributed by atoms with E-state index in [1.54, 1.807) is 0 Å². The van der Waals surface area contributed by atoms with Crippen molar-refractivity contribution in [2.24, 2.45) is 0 Å². The second-order valence-corrected chi connectivity index (χ2v) is 8.67. The van der Waals surface area contributed by atoms with Gasteiger partial charge in [0.1, 0.15) is 11.8 Å². The molecule has 0 aliphatic heterocycles. The third-order valence-electron chi connectivity index (χ3n) is 6.07. The number of carbonyl (C=O) groups excluding carboxylic acids is 3. The molecule has 0 spiro atoms. The molecule has 34 heavy (non-hydrogen) atoms. The van der Waals surface area contributed by atoms with Crippen molar-refractivity contribution in [2.45, 2.75) is 64.3 Å². The lowest BCUT2D eigenvalue weighted by molar-refractivity contribution is -0.128. The normalized spacial score (nSPS) is 11.8. The average molecular weight is 462 g/mol. The number of fused-ring (bicyclic) bond motifs is 1. The Morgan fingerprint density at radius 3 is 2.50 bits per heavy atom. The number of hydrogen-bond donors (Lipinski definition) is 3. The minimum atomic E-state index is -0.582. The van der Waals surface area contributed by atoms with Gasteiger partial charge >= 0.3 is 0 Å². The van der Waals surface area contributed by atoms with Crippen molar-refractivity contribution in [1.82, 2.24) is 15.6 Å². The number of Topliss-reactive ketones (excluding diaryl/α,β-unsaturated/α-hetero) is 1. The van der Waals surface area contributed by atoms with E-state index >= 15 is 0 Å². The van der Waals surface area contributed by atoms with E-state index < -0.39 is 6.04 Å². The van der Waals surface area contributed by atoms with Crippen LogP contribution in [0.2, 0.25) is 0 Å². The molecule has 0 aliphatic rings. The first-order valence-electron chi connectivity index (χ1n) is 12.2. The summed E-state index contributed by atoms with van der Waals surface area (Å²) < 4.78 is 0. The summed E-state index contributed by atoms with van der Waals surface area (Å²) in [5, 5.41) is 7.09. The molecule has 2 amide bonds. The van der Waals surface area contributed by atoms with Crippen molar-refractivity contribution < 1.29 is 14.4 Å². The molecule has 3 N–H and O–H groups in total. The Hall–Kier alpha value is -3.41. The van der Waals surface area contributed by atoms with Crippen LogP contribution in [-0.2, 0) is 27.2 Å². The predicted molar refractivity (Wildman–Crippen MR) is 135 cm³/mol. The van der Waals surface area contributed by atoms with Crippen LogP contribution in [0.1, 0.15) is 56.6 Å². The number of hydrogen-bond acceptors (Lipinski definition) is 3. The zero-order chi connectivity index (χ0) is 24.2. The van der Waals surface area contributed by atoms with Crippen LogP contribution in [0.3, 0.4) is 0 Å². The number of H-pyrrole nitrogens is 1. The summed E-state index contributed by atoms with van der Waals surface area (Å²) in [5.74, 6) is -0.0576. The molecular weight excluding hydrogens is 426 g/mol. The molecule has 3 rings (SSSR count). The second kappa shape index (κ2) is 13.3. The maximum Gasteiger partial charge on any atom is 0.242 e. The second-order valence-electron chi connectivity index (χ2n) is 8.67. The largest absolute Gasteiger partial charge is 0.361 e. The Kier molecular flexibility index (Phi) is 9.89. The van der Waals surface area contributed by atoms with Crippen LogP contribution in [0.15, 0.2) is 60.8 Å². The fraction of sp³-hybridized carbons (Fsp3) is 0.393. The van der Waals surface area contributed by atoms with Gasteiger partial charge in [0.05, 0.1) is 6.42 Å². The van der Waals surface area contributed by atoms with Crippen LogP contribution < -0.4 is 10.6 Å². The number of rotatable bonds is 14. The number of benzene rings is 2. The predicted octanol–water partition coefficient (Wildman–Crippen LogP) is 4.48. The first-order valence-corrected chi connectivity index (χ1v) is 12.2. The van der Waals surface area contributed by atoms with Gasteiger partial charge in [-0.25, -0.2) is 0 Å². The summed E-state index contributed by atoms with van der Waals surface area (Å²) in [6.07, 6.45) is 7.09. The van der Waals surface area contributed by atoms with Gasteiger partial charge in [0.2, 0.25) is 11.8 Å². The van der Waals surface area contributed by atoms with E-state index in [9.17, 15) is 14.4 Å². The zero-order valence-corrected chi connectivity index (χ0v) is 19.9. The number of aromatic nitrogens is 1. The summed E-state index contributed by atoms with van der Waals surface area (Å²) in [4.78, 5) is 40.3. The Morgan fingerprint density at radius 2 is 1.71 bits per heavy atom. The van der Waals surface area contributed by atoms with Gasteiger partial charge in [-0.3, -0.25) is 14.4 Å². The molecule has 3 aromatic rings. The number of unbranched alkanes of at least 4 members (excludes halogenated alkanes) is 2. The van der Waals surface area contributed by atoms with Gasteiger partial charge in [-0.1, -0.05) is 68.3 Å². The zero-order valence-electron chi connectivity index (χ0n) is 19.9. The van der Waals surface area contributed by atoms with E-state index in [-0.39, 0.29) is 24.0 Å². The van der Waals surface area contributed by atoms with Crippen molar-refractivity contribution >= 4 is 28.5 Å². The minimum Gasteiger partial charge on any atom is -0.361 e. The van der Waals surface area contributed by atoms with Crippen molar-refractivity contribution in [3.05, 3.63) is 71.9 Å². The molecule has 1 unspecified atom stereocenters. The highest BCUT2D eigenvalue weighted by Gasteiger charge is 2.20. The van der Waals surface area contributed by atoms with Crippen molar-refractivity contribution in [2.75, 3.05) is 6.54 Å². The van der Waals surface area contributed by atoms with Crippen LogP contribution in [0.25, 0.3) is 10.9 Å². The molecular formula is C28H35N3O3. The van der Waals surface area contributed by atoms with Gasteiger partial charge < -0.3 is 15.6 Å². The van der Waals surface area contributed by atoms with Gasteiger partial charge in [-0.15, -0.1) is 0 Å². The highest BCUT2D eigenvalue weighted by Crippen LogP contribution is 2.17. The molecule has 1 heterocycles. The fourth-order valence-corrected chi connectivity index (χ4v) is 4.10. The Balaban J connectivity index is 1.52. The summed E-state index contributed by atoms with van der Waals surface area (Å²) >= 11 is 0. The molecule has 0 saturated heterocycles. The van der Waals surface area contributed by atoms with Crippen LogP contribution >= 0.6 is 0 Å². The molecule has 0 radical (unpaired) electrons. The Bertz CT molecular complexity index is 1070. The Labute approximate surface area is 201 Å². The quantitative estimate of drug-likeness (QED) is 0.309. The lowest BCUT2D eigenvalue weighted by Gasteiger charge is -2.19. The maximum atomic E-state index is 13.0. The molecule has 1 atom stereocenters. The van der Waals surface area contributed by atoms with Crippen LogP contribution in [0, 0.1) is 0 Å². The lowest BCUT2D eigenvalue weighted by atomic mass is 10.0. The van der Waals surface area contributed by atoms with Gasteiger partial charge in [-0.2, -0.15) is 0 Å². The van der Waals surface area contributed by atoms with E-state index in [0.29, 0.717) is 32.2 Å². The average Bonchev–Trinajstić information content (AvgIpc) is 3.26. The minimum absolute atomic E-state index is 0.161. The van der Waals surface area contributed by atoms with Gasteiger partial charge in [0.25, 0.3) is 0 Å². The number of carbonyl (C=O) groups is 3. The van der Waals surface area contributed by atoms with Gasteiger partial charge in [0, 0.05) is 36.5 Å². The van der Waals surface area contributed by atoms with Crippen molar-refractivity contribution in [3.63, 3.8) is 0 Å². The lowest BCUT2D eigenvalue weighted by Crippen LogP contribution is -2.47. The topological polar surface area (TPSA) is 91.1 Å². The fourth-order valence-electron chi connectivity index (χ4n) is 4.10. The molecule has 0 saturated carbocycles. The number of nitrogens with one attached hydrogen (secondary N) is 3. The molecule has 6 nitrogen and oxygen atoms in total. The molecule has 0 aliphatic carbocycles.